The van der Waals surface area contributed by atoms with Crippen LogP contribution in [0.5, 0.6) is 0 Å². The number of benzene rings is 3. The third-order valence-corrected chi connectivity index (χ3v) is 7.48. The number of aldehydes is 1. The molecule has 0 saturated carbocycles. The van der Waals surface area contributed by atoms with Gasteiger partial charge in [0.2, 0.25) is 11.8 Å². The van der Waals surface area contributed by atoms with Crippen molar-refractivity contribution in [1.29, 1.82) is 0 Å². The Morgan fingerprint density at radius 1 is 0.800 bits per heavy atom. The van der Waals surface area contributed by atoms with E-state index in [1.807, 2.05) is 60.7 Å². The van der Waals surface area contributed by atoms with Crippen LogP contribution in [0.3, 0.4) is 0 Å². The highest BCUT2D eigenvalue weighted by Crippen LogP contribution is 2.63. The van der Waals surface area contributed by atoms with E-state index in [4.69, 9.17) is 0 Å². The molecule has 1 heterocycles. The number of anilines is 1. The maximum atomic E-state index is 13.7. The van der Waals surface area contributed by atoms with E-state index in [-0.39, 0.29) is 17.7 Å². The number of carbonyl (C=O) groups excluding carboxylic acids is 3. The Bertz CT molecular complexity index is 1200. The molecule has 30 heavy (non-hydrogen) atoms. The van der Waals surface area contributed by atoms with Gasteiger partial charge in [0.05, 0.1) is 22.9 Å². The van der Waals surface area contributed by atoms with Crippen LogP contribution in [0.4, 0.5) is 5.69 Å². The summed E-state index contributed by atoms with van der Waals surface area (Å²) in [6.45, 7) is 0. The number of rotatable bonds is 2. The second-order valence-electron chi connectivity index (χ2n) is 8.13. The highest BCUT2D eigenvalue weighted by atomic mass is 79.9. The first kappa shape index (κ1) is 17.8. The van der Waals surface area contributed by atoms with Gasteiger partial charge in [0.1, 0.15) is 6.29 Å². The van der Waals surface area contributed by atoms with E-state index in [9.17, 15) is 14.4 Å². The number of nitrogens with zero attached hydrogens (tertiary/aromatic N) is 1. The van der Waals surface area contributed by atoms with Gasteiger partial charge in [-0.2, -0.15) is 0 Å². The van der Waals surface area contributed by atoms with Gasteiger partial charge in [-0.1, -0.05) is 64.5 Å². The molecule has 0 spiro atoms. The zero-order valence-electron chi connectivity index (χ0n) is 15.8. The number of imide groups is 1. The van der Waals surface area contributed by atoms with Crippen LogP contribution in [0.25, 0.3) is 0 Å². The number of hydrogen-bond acceptors (Lipinski definition) is 3. The highest BCUT2D eigenvalue weighted by molar-refractivity contribution is 9.10. The lowest BCUT2D eigenvalue weighted by Gasteiger charge is -2.51. The number of halogens is 1. The molecule has 0 unspecified atom stereocenters. The molecule has 3 aliphatic carbocycles. The third-order valence-electron chi connectivity index (χ3n) is 6.95. The minimum absolute atomic E-state index is 0.229. The van der Waals surface area contributed by atoms with E-state index >= 15 is 0 Å². The van der Waals surface area contributed by atoms with E-state index in [2.05, 4.69) is 15.9 Å². The Morgan fingerprint density at radius 2 is 1.37 bits per heavy atom. The first-order valence-electron chi connectivity index (χ1n) is 9.88. The first-order chi connectivity index (χ1) is 14.6. The second-order valence-corrected chi connectivity index (χ2v) is 9.05. The molecule has 1 saturated heterocycles. The molecule has 2 bridgehead atoms. The molecule has 4 aliphatic rings. The highest BCUT2D eigenvalue weighted by Gasteiger charge is 2.68. The van der Waals surface area contributed by atoms with Crippen LogP contribution in [-0.4, -0.2) is 18.1 Å². The fourth-order valence-corrected chi connectivity index (χ4v) is 6.14. The molecule has 0 aromatic heterocycles. The summed E-state index contributed by atoms with van der Waals surface area (Å²) in [6, 6.07) is 22.6. The maximum Gasteiger partial charge on any atom is 0.239 e. The van der Waals surface area contributed by atoms with E-state index in [0.717, 1.165) is 33.0 Å². The van der Waals surface area contributed by atoms with Crippen molar-refractivity contribution in [2.75, 3.05) is 4.90 Å². The Balaban J connectivity index is 1.64. The van der Waals surface area contributed by atoms with Crippen LogP contribution >= 0.6 is 15.9 Å². The zero-order chi connectivity index (χ0) is 20.6. The summed E-state index contributed by atoms with van der Waals surface area (Å²) in [6.07, 6.45) is 0.897. The van der Waals surface area contributed by atoms with Gasteiger partial charge >= 0.3 is 0 Å². The molecule has 0 N–H and O–H groups in total. The molecule has 3 aromatic carbocycles. The van der Waals surface area contributed by atoms with Crippen molar-refractivity contribution in [1.82, 2.24) is 0 Å². The van der Waals surface area contributed by atoms with Gasteiger partial charge in [-0.05, 0) is 46.5 Å². The smallest absolute Gasteiger partial charge is 0.239 e. The van der Waals surface area contributed by atoms with Gasteiger partial charge in [-0.25, -0.2) is 4.90 Å². The van der Waals surface area contributed by atoms with Crippen LogP contribution in [0, 0.1) is 11.8 Å². The lowest BCUT2D eigenvalue weighted by atomic mass is 9.48. The predicted molar refractivity (Wildman–Crippen MR) is 115 cm³/mol. The molecule has 2 amide bonds. The molecular weight excluding hydrogens is 442 g/mol. The Labute approximate surface area is 181 Å². The largest absolute Gasteiger partial charge is 0.302 e. The van der Waals surface area contributed by atoms with Crippen LogP contribution in [-0.2, 0) is 19.8 Å². The maximum absolute atomic E-state index is 13.7. The summed E-state index contributed by atoms with van der Waals surface area (Å²) in [7, 11) is 0. The van der Waals surface area contributed by atoms with Gasteiger partial charge in [0.15, 0.2) is 0 Å². The quantitative estimate of drug-likeness (QED) is 0.428. The van der Waals surface area contributed by atoms with Crippen molar-refractivity contribution >= 4 is 39.7 Å². The fraction of sp³-hybridized carbons (Fsp3) is 0.160. The Morgan fingerprint density at radius 3 is 1.93 bits per heavy atom. The molecule has 2 atom stereocenters. The second kappa shape index (κ2) is 5.99. The van der Waals surface area contributed by atoms with Gasteiger partial charge in [-0.15, -0.1) is 0 Å². The minimum Gasteiger partial charge on any atom is -0.302 e. The molecule has 5 heteroatoms. The number of hydrogen-bond donors (Lipinski definition) is 0. The molecule has 1 fully saturated rings. The molecule has 7 rings (SSSR count). The molecule has 3 aromatic rings. The van der Waals surface area contributed by atoms with Crippen LogP contribution in [0.15, 0.2) is 77.3 Å². The third kappa shape index (κ3) is 1.94. The van der Waals surface area contributed by atoms with Gasteiger partial charge < -0.3 is 4.79 Å². The lowest BCUT2D eigenvalue weighted by molar-refractivity contribution is -0.128. The molecule has 4 nitrogen and oxygen atoms in total. The van der Waals surface area contributed by atoms with Crippen molar-refractivity contribution in [2.24, 2.45) is 11.8 Å². The topological polar surface area (TPSA) is 54.5 Å². The average Bonchev–Trinajstić information content (AvgIpc) is 3.05. The summed E-state index contributed by atoms with van der Waals surface area (Å²) in [5.41, 5.74) is 3.04. The standard InChI is InChI=1S/C25H16BrNO3/c26-14-9-11-15(12-10-14)27-23(29)21-20-16-5-1-3-7-18(16)25(13-28,22(21)24(27)30)19-8-4-2-6-17(19)20/h1-13,20-22H/t20?,21-,22+,25?/m0/s1. The predicted octanol–water partition coefficient (Wildman–Crippen LogP) is 4.20. The SMILES string of the molecule is O=CC12c3ccccc3C(c3ccccc31)[C@@H]1C(=O)N(c3ccc(Br)cc3)C(=O)[C@@H]12. The Kier molecular flexibility index (Phi) is 3.55. The first-order valence-corrected chi connectivity index (χ1v) is 10.7. The van der Waals surface area contributed by atoms with Crippen LogP contribution in [0.2, 0.25) is 0 Å². The van der Waals surface area contributed by atoms with Crippen LogP contribution in [0.1, 0.15) is 28.2 Å². The summed E-state index contributed by atoms with van der Waals surface area (Å²) < 4.78 is 0.868. The summed E-state index contributed by atoms with van der Waals surface area (Å²) in [4.78, 5) is 41.6. The van der Waals surface area contributed by atoms with E-state index in [1.165, 1.54) is 4.90 Å². The number of carbonyl (C=O) groups is 3. The van der Waals surface area contributed by atoms with Crippen molar-refractivity contribution in [3.8, 4) is 0 Å². The van der Waals surface area contributed by atoms with Gasteiger partial charge in [0, 0.05) is 10.4 Å². The molecular formula is C25H16BrNO3. The van der Waals surface area contributed by atoms with E-state index in [0.29, 0.717) is 5.69 Å². The van der Waals surface area contributed by atoms with Gasteiger partial charge in [0.25, 0.3) is 0 Å². The summed E-state index contributed by atoms with van der Waals surface area (Å²) >= 11 is 3.40. The normalized spacial score (nSPS) is 28.2. The van der Waals surface area contributed by atoms with Crippen molar-refractivity contribution < 1.29 is 14.4 Å². The van der Waals surface area contributed by atoms with Crippen LogP contribution < -0.4 is 4.90 Å². The minimum atomic E-state index is -1.15. The van der Waals surface area contributed by atoms with Crippen molar-refractivity contribution in [2.45, 2.75) is 11.3 Å². The monoisotopic (exact) mass is 457 g/mol. The molecule has 1 aliphatic heterocycles. The van der Waals surface area contributed by atoms with E-state index < -0.39 is 17.3 Å². The lowest BCUT2D eigenvalue weighted by Crippen LogP contribution is -2.54. The zero-order valence-corrected chi connectivity index (χ0v) is 17.4. The number of amides is 2. The Hall–Kier alpha value is -3.05. The average molecular weight is 458 g/mol. The summed E-state index contributed by atoms with van der Waals surface area (Å²) in [5.74, 6) is -2.08. The molecule has 0 radical (unpaired) electrons. The van der Waals surface area contributed by atoms with Crippen molar-refractivity contribution in [3.63, 3.8) is 0 Å². The molecule has 146 valence electrons. The van der Waals surface area contributed by atoms with Gasteiger partial charge in [-0.3, -0.25) is 9.59 Å². The fourth-order valence-electron chi connectivity index (χ4n) is 5.88. The summed E-state index contributed by atoms with van der Waals surface area (Å²) in [5, 5.41) is 0. The van der Waals surface area contributed by atoms with Crippen molar-refractivity contribution in [3.05, 3.63) is 99.5 Å². The van der Waals surface area contributed by atoms with E-state index in [1.54, 1.807) is 12.1 Å².